The van der Waals surface area contributed by atoms with E-state index in [1.807, 2.05) is 18.2 Å². The largest absolute Gasteiger partial charge is 0.355 e. The summed E-state index contributed by atoms with van der Waals surface area (Å²) in [5, 5.41) is 3.45. The van der Waals surface area contributed by atoms with Crippen molar-refractivity contribution in [3.63, 3.8) is 0 Å². The Morgan fingerprint density at radius 3 is 2.42 bits per heavy atom. The quantitative estimate of drug-likeness (QED) is 0.792. The maximum atomic E-state index is 12.2. The second-order valence-corrected chi connectivity index (χ2v) is 5.93. The van der Waals surface area contributed by atoms with Gasteiger partial charge < -0.3 is 10.2 Å². The Labute approximate surface area is 148 Å². The standard InChI is InChI=1S/C18H23ClN4O/c1-3-9-23(10-4-2)17-13-20-16(12-21-17)18(24)22-11-14-7-5-6-8-15(14)19/h5-8,12-13H,3-4,9-11H2,1-2H3,(H,22,24). The lowest BCUT2D eigenvalue weighted by Gasteiger charge is -2.22. The number of carbonyl (C=O) groups excluding carboxylic acids is 1. The molecule has 0 fully saturated rings. The summed E-state index contributed by atoms with van der Waals surface area (Å²) in [6.07, 6.45) is 5.27. The molecule has 1 N–H and O–H groups in total. The molecule has 0 saturated heterocycles. The van der Waals surface area contributed by atoms with Gasteiger partial charge in [-0.05, 0) is 24.5 Å². The number of anilines is 1. The summed E-state index contributed by atoms with van der Waals surface area (Å²) >= 11 is 6.08. The van der Waals surface area contributed by atoms with Gasteiger partial charge in [0.1, 0.15) is 11.5 Å². The van der Waals surface area contributed by atoms with Crippen LogP contribution in [0.3, 0.4) is 0 Å². The first-order chi connectivity index (χ1) is 11.7. The van der Waals surface area contributed by atoms with Gasteiger partial charge in [0.25, 0.3) is 5.91 Å². The highest BCUT2D eigenvalue weighted by molar-refractivity contribution is 6.31. The van der Waals surface area contributed by atoms with Crippen LogP contribution >= 0.6 is 11.6 Å². The number of carbonyl (C=O) groups is 1. The van der Waals surface area contributed by atoms with E-state index in [4.69, 9.17) is 11.6 Å². The normalized spacial score (nSPS) is 10.5. The van der Waals surface area contributed by atoms with Crippen LogP contribution in [0.5, 0.6) is 0 Å². The fourth-order valence-electron chi connectivity index (χ4n) is 2.39. The van der Waals surface area contributed by atoms with E-state index in [2.05, 4.69) is 34.0 Å². The maximum Gasteiger partial charge on any atom is 0.271 e. The second-order valence-electron chi connectivity index (χ2n) is 5.52. The Balaban J connectivity index is 1.99. The minimum absolute atomic E-state index is 0.258. The van der Waals surface area contributed by atoms with E-state index in [1.165, 1.54) is 6.20 Å². The molecule has 1 heterocycles. The van der Waals surface area contributed by atoms with Crippen molar-refractivity contribution in [2.24, 2.45) is 0 Å². The minimum Gasteiger partial charge on any atom is -0.355 e. The number of hydrogen-bond acceptors (Lipinski definition) is 4. The molecule has 0 aliphatic heterocycles. The van der Waals surface area contributed by atoms with Gasteiger partial charge in [-0.25, -0.2) is 9.97 Å². The monoisotopic (exact) mass is 346 g/mol. The van der Waals surface area contributed by atoms with Crippen molar-refractivity contribution in [1.29, 1.82) is 0 Å². The van der Waals surface area contributed by atoms with Crippen LogP contribution in [-0.4, -0.2) is 29.0 Å². The van der Waals surface area contributed by atoms with E-state index < -0.39 is 0 Å². The van der Waals surface area contributed by atoms with Crippen LogP contribution in [0.15, 0.2) is 36.7 Å². The number of nitrogens with zero attached hydrogens (tertiary/aromatic N) is 3. The Bertz CT molecular complexity index is 654. The summed E-state index contributed by atoms with van der Waals surface area (Å²) in [7, 11) is 0. The lowest BCUT2D eigenvalue weighted by molar-refractivity contribution is 0.0945. The number of nitrogens with one attached hydrogen (secondary N) is 1. The van der Waals surface area contributed by atoms with Crippen LogP contribution in [0.2, 0.25) is 5.02 Å². The molecule has 24 heavy (non-hydrogen) atoms. The van der Waals surface area contributed by atoms with Crippen molar-refractivity contribution >= 4 is 23.3 Å². The first kappa shape index (κ1) is 18.2. The number of aromatic nitrogens is 2. The van der Waals surface area contributed by atoms with Crippen LogP contribution in [0, 0.1) is 0 Å². The van der Waals surface area contributed by atoms with Crippen molar-refractivity contribution in [2.75, 3.05) is 18.0 Å². The SMILES string of the molecule is CCCN(CCC)c1cnc(C(=O)NCc2ccccc2Cl)cn1. The molecule has 2 rings (SSSR count). The van der Waals surface area contributed by atoms with Gasteiger partial charge in [-0.15, -0.1) is 0 Å². The Morgan fingerprint density at radius 2 is 1.83 bits per heavy atom. The summed E-state index contributed by atoms with van der Waals surface area (Å²) in [5.41, 5.74) is 1.17. The molecule has 0 bridgehead atoms. The first-order valence-electron chi connectivity index (χ1n) is 8.24. The van der Waals surface area contributed by atoms with Crippen LogP contribution in [0.4, 0.5) is 5.82 Å². The zero-order valence-corrected chi connectivity index (χ0v) is 14.9. The third kappa shape index (κ3) is 4.93. The molecule has 0 saturated carbocycles. The second kappa shape index (κ2) is 9.23. The van der Waals surface area contributed by atoms with Gasteiger partial charge >= 0.3 is 0 Å². The summed E-state index contributed by atoms with van der Waals surface area (Å²) in [4.78, 5) is 23.0. The molecule has 0 atom stereocenters. The van der Waals surface area contributed by atoms with Crippen LogP contribution in [0.1, 0.15) is 42.7 Å². The van der Waals surface area contributed by atoms with Crippen molar-refractivity contribution in [3.8, 4) is 0 Å². The molecule has 0 aliphatic rings. The van der Waals surface area contributed by atoms with E-state index in [0.717, 1.165) is 37.3 Å². The maximum absolute atomic E-state index is 12.2. The number of amides is 1. The van der Waals surface area contributed by atoms with Gasteiger partial charge in [-0.3, -0.25) is 4.79 Å². The van der Waals surface area contributed by atoms with Gasteiger partial charge in [-0.2, -0.15) is 0 Å². The van der Waals surface area contributed by atoms with Crippen molar-refractivity contribution in [3.05, 3.63) is 52.9 Å². The Morgan fingerprint density at radius 1 is 1.12 bits per heavy atom. The first-order valence-corrected chi connectivity index (χ1v) is 8.62. The van der Waals surface area contributed by atoms with E-state index in [1.54, 1.807) is 12.3 Å². The van der Waals surface area contributed by atoms with Crippen molar-refractivity contribution < 1.29 is 4.79 Å². The van der Waals surface area contributed by atoms with Gasteiger partial charge in [0.2, 0.25) is 0 Å². The van der Waals surface area contributed by atoms with Crippen LogP contribution in [0.25, 0.3) is 0 Å². The molecule has 2 aromatic rings. The lowest BCUT2D eigenvalue weighted by Crippen LogP contribution is -2.27. The summed E-state index contributed by atoms with van der Waals surface area (Å²) < 4.78 is 0. The van der Waals surface area contributed by atoms with Gasteiger partial charge in [0.05, 0.1) is 12.4 Å². The number of halogens is 1. The van der Waals surface area contributed by atoms with Crippen molar-refractivity contribution in [1.82, 2.24) is 15.3 Å². The highest BCUT2D eigenvalue weighted by Gasteiger charge is 2.11. The molecule has 0 spiro atoms. The molecular formula is C18H23ClN4O. The van der Waals surface area contributed by atoms with E-state index >= 15 is 0 Å². The number of benzene rings is 1. The van der Waals surface area contributed by atoms with Gasteiger partial charge in [0.15, 0.2) is 0 Å². The molecular weight excluding hydrogens is 324 g/mol. The predicted octanol–water partition coefficient (Wildman–Crippen LogP) is 3.69. The topological polar surface area (TPSA) is 58.1 Å². The number of rotatable bonds is 8. The fourth-order valence-corrected chi connectivity index (χ4v) is 2.59. The van der Waals surface area contributed by atoms with Crippen LogP contribution < -0.4 is 10.2 Å². The molecule has 128 valence electrons. The molecule has 1 aromatic carbocycles. The van der Waals surface area contributed by atoms with E-state index in [-0.39, 0.29) is 5.91 Å². The molecule has 1 amide bonds. The van der Waals surface area contributed by atoms with E-state index in [0.29, 0.717) is 17.3 Å². The molecule has 5 nitrogen and oxygen atoms in total. The smallest absolute Gasteiger partial charge is 0.271 e. The van der Waals surface area contributed by atoms with Crippen LogP contribution in [-0.2, 0) is 6.54 Å². The highest BCUT2D eigenvalue weighted by atomic mass is 35.5. The average molecular weight is 347 g/mol. The summed E-state index contributed by atoms with van der Waals surface area (Å²) in [6, 6.07) is 7.42. The molecule has 1 aromatic heterocycles. The molecule has 6 heteroatoms. The lowest BCUT2D eigenvalue weighted by atomic mass is 10.2. The van der Waals surface area contributed by atoms with Gasteiger partial charge in [0, 0.05) is 24.7 Å². The number of hydrogen-bond donors (Lipinski definition) is 1. The predicted molar refractivity (Wildman–Crippen MR) is 97.4 cm³/mol. The Kier molecular flexibility index (Phi) is 7.00. The zero-order chi connectivity index (χ0) is 17.4. The van der Waals surface area contributed by atoms with Crippen molar-refractivity contribution in [2.45, 2.75) is 33.2 Å². The summed E-state index contributed by atoms with van der Waals surface area (Å²) in [5.74, 6) is 0.549. The van der Waals surface area contributed by atoms with E-state index in [9.17, 15) is 4.79 Å². The molecule has 0 radical (unpaired) electrons. The highest BCUT2D eigenvalue weighted by Crippen LogP contribution is 2.14. The van der Waals surface area contributed by atoms with Gasteiger partial charge in [-0.1, -0.05) is 43.6 Å². The molecule has 0 aliphatic carbocycles. The summed E-state index contributed by atoms with van der Waals surface area (Å²) in [6.45, 7) is 6.49. The third-order valence-electron chi connectivity index (χ3n) is 3.58. The fraction of sp³-hybridized carbons (Fsp3) is 0.389. The average Bonchev–Trinajstić information content (AvgIpc) is 2.61. The zero-order valence-electron chi connectivity index (χ0n) is 14.1. The molecule has 0 unspecified atom stereocenters. The third-order valence-corrected chi connectivity index (χ3v) is 3.95. The Hall–Kier alpha value is -2.14. The minimum atomic E-state index is -0.258.